The summed E-state index contributed by atoms with van der Waals surface area (Å²) in [6.07, 6.45) is 0.266. The third kappa shape index (κ3) is 3.23. The van der Waals surface area contributed by atoms with E-state index in [4.69, 9.17) is 5.84 Å². The third-order valence-electron chi connectivity index (χ3n) is 3.23. The molecule has 0 fully saturated rings. The van der Waals surface area contributed by atoms with Crippen LogP contribution in [-0.4, -0.2) is 0 Å². The van der Waals surface area contributed by atoms with Crippen molar-refractivity contribution in [3.05, 3.63) is 69.2 Å². The van der Waals surface area contributed by atoms with Gasteiger partial charge in [-0.3, -0.25) is 11.3 Å². The van der Waals surface area contributed by atoms with Gasteiger partial charge >= 0.3 is 0 Å². The molecule has 1 atom stereocenters. The predicted molar refractivity (Wildman–Crippen MR) is 79.0 cm³/mol. The van der Waals surface area contributed by atoms with Crippen molar-refractivity contribution < 1.29 is 8.78 Å². The molecule has 2 aromatic rings. The van der Waals surface area contributed by atoms with Gasteiger partial charge < -0.3 is 0 Å². The van der Waals surface area contributed by atoms with E-state index in [1.54, 1.807) is 37.3 Å². The van der Waals surface area contributed by atoms with Gasteiger partial charge in [-0.25, -0.2) is 8.78 Å². The highest BCUT2D eigenvalue weighted by atomic mass is 79.9. The molecule has 0 aliphatic rings. The maximum absolute atomic E-state index is 14.1. The number of nitrogens with one attached hydrogen (secondary N) is 1. The van der Waals surface area contributed by atoms with Gasteiger partial charge in [-0.1, -0.05) is 34.1 Å². The molecule has 0 spiro atoms. The SMILES string of the molecule is Cc1cccc(C(Cc2cc(Br)ccc2F)NN)c1F. The fraction of sp³-hybridized carbons (Fsp3) is 0.200. The number of halogens is 3. The summed E-state index contributed by atoms with van der Waals surface area (Å²) in [5, 5.41) is 0. The van der Waals surface area contributed by atoms with Gasteiger partial charge in [0.2, 0.25) is 0 Å². The molecule has 0 aliphatic carbocycles. The molecule has 0 radical (unpaired) electrons. The molecule has 106 valence electrons. The molecule has 0 amide bonds. The second kappa shape index (κ2) is 6.43. The lowest BCUT2D eigenvalue weighted by atomic mass is 9.97. The molecule has 0 heterocycles. The second-order valence-electron chi connectivity index (χ2n) is 4.64. The van der Waals surface area contributed by atoms with E-state index >= 15 is 0 Å². The minimum absolute atomic E-state index is 0.266. The van der Waals surface area contributed by atoms with Crippen molar-refractivity contribution in [1.82, 2.24) is 5.43 Å². The summed E-state index contributed by atoms with van der Waals surface area (Å²) in [6.45, 7) is 1.69. The number of rotatable bonds is 4. The summed E-state index contributed by atoms with van der Waals surface area (Å²) in [6, 6.07) is 9.28. The van der Waals surface area contributed by atoms with Gasteiger partial charge in [0.25, 0.3) is 0 Å². The monoisotopic (exact) mass is 340 g/mol. The van der Waals surface area contributed by atoms with E-state index in [0.29, 0.717) is 16.7 Å². The Kier molecular flexibility index (Phi) is 4.86. The lowest BCUT2D eigenvalue weighted by molar-refractivity contribution is 0.496. The molecule has 20 heavy (non-hydrogen) atoms. The third-order valence-corrected chi connectivity index (χ3v) is 3.72. The number of hydrogen-bond donors (Lipinski definition) is 2. The van der Waals surface area contributed by atoms with Crippen LogP contribution in [0, 0.1) is 18.6 Å². The van der Waals surface area contributed by atoms with Gasteiger partial charge in [0.1, 0.15) is 11.6 Å². The van der Waals surface area contributed by atoms with Crippen molar-refractivity contribution >= 4 is 15.9 Å². The van der Waals surface area contributed by atoms with Gasteiger partial charge in [0.15, 0.2) is 0 Å². The number of hydrazine groups is 1. The first-order valence-electron chi connectivity index (χ1n) is 6.18. The molecule has 0 aromatic heterocycles. The summed E-state index contributed by atoms with van der Waals surface area (Å²) >= 11 is 3.30. The Morgan fingerprint density at radius 1 is 1.25 bits per heavy atom. The van der Waals surface area contributed by atoms with Gasteiger partial charge in [-0.2, -0.15) is 0 Å². The summed E-state index contributed by atoms with van der Waals surface area (Å²) in [7, 11) is 0. The highest BCUT2D eigenvalue weighted by molar-refractivity contribution is 9.10. The zero-order valence-electron chi connectivity index (χ0n) is 11.0. The molecule has 5 heteroatoms. The predicted octanol–water partition coefficient (Wildman–Crippen LogP) is 3.78. The van der Waals surface area contributed by atoms with E-state index in [1.807, 2.05) is 0 Å². The number of hydrogen-bond acceptors (Lipinski definition) is 2. The van der Waals surface area contributed by atoms with E-state index in [9.17, 15) is 8.78 Å². The summed E-state index contributed by atoms with van der Waals surface area (Å²) in [5.74, 6) is 4.86. The molecule has 0 bridgehead atoms. The van der Waals surface area contributed by atoms with Crippen LogP contribution >= 0.6 is 15.9 Å². The quantitative estimate of drug-likeness (QED) is 0.656. The zero-order chi connectivity index (χ0) is 14.7. The highest BCUT2D eigenvalue weighted by Crippen LogP contribution is 2.25. The standard InChI is InChI=1S/C15H15BrF2N2/c1-9-3-2-4-12(15(9)18)14(20-19)8-10-7-11(16)5-6-13(10)17/h2-7,14,20H,8,19H2,1H3. The lowest BCUT2D eigenvalue weighted by Gasteiger charge is -2.18. The molecule has 3 N–H and O–H groups in total. The fourth-order valence-corrected chi connectivity index (χ4v) is 2.53. The molecule has 2 nitrogen and oxygen atoms in total. The van der Waals surface area contributed by atoms with Crippen molar-refractivity contribution in [2.24, 2.45) is 5.84 Å². The van der Waals surface area contributed by atoms with Crippen molar-refractivity contribution in [3.63, 3.8) is 0 Å². The molecular weight excluding hydrogens is 326 g/mol. The lowest BCUT2D eigenvalue weighted by Crippen LogP contribution is -2.30. The van der Waals surface area contributed by atoms with Gasteiger partial charge in [-0.15, -0.1) is 0 Å². The average Bonchev–Trinajstić information content (AvgIpc) is 2.43. The highest BCUT2D eigenvalue weighted by Gasteiger charge is 2.18. The molecule has 0 saturated heterocycles. The topological polar surface area (TPSA) is 38.0 Å². The van der Waals surface area contributed by atoms with Gasteiger partial charge in [-0.05, 0) is 42.7 Å². The van der Waals surface area contributed by atoms with Crippen LogP contribution in [0.5, 0.6) is 0 Å². The van der Waals surface area contributed by atoms with Gasteiger partial charge in [0, 0.05) is 10.0 Å². The molecule has 2 rings (SSSR count). The van der Waals surface area contributed by atoms with Crippen LogP contribution in [-0.2, 0) is 6.42 Å². The van der Waals surface area contributed by atoms with E-state index in [1.165, 1.54) is 6.07 Å². The van der Waals surface area contributed by atoms with Crippen LogP contribution in [0.4, 0.5) is 8.78 Å². The van der Waals surface area contributed by atoms with Crippen LogP contribution in [0.1, 0.15) is 22.7 Å². The summed E-state index contributed by atoms with van der Waals surface area (Å²) in [4.78, 5) is 0. The molecule has 0 saturated carbocycles. The average molecular weight is 341 g/mol. The summed E-state index contributed by atoms with van der Waals surface area (Å²) < 4.78 is 28.7. The number of nitrogens with two attached hydrogens (primary N) is 1. The van der Waals surface area contributed by atoms with E-state index in [0.717, 1.165) is 4.47 Å². The van der Waals surface area contributed by atoms with Gasteiger partial charge in [0.05, 0.1) is 6.04 Å². The largest absolute Gasteiger partial charge is 0.271 e. The Morgan fingerprint density at radius 2 is 2.00 bits per heavy atom. The molecule has 2 aromatic carbocycles. The summed E-state index contributed by atoms with van der Waals surface area (Å²) in [5.41, 5.74) is 4.01. The Hall–Kier alpha value is -1.30. The van der Waals surface area contributed by atoms with Crippen LogP contribution in [0.25, 0.3) is 0 Å². The first kappa shape index (κ1) is 15.1. The Labute approximate surface area is 125 Å². The van der Waals surface area contributed by atoms with Crippen LogP contribution in [0.3, 0.4) is 0 Å². The maximum atomic E-state index is 14.1. The fourth-order valence-electron chi connectivity index (χ4n) is 2.12. The van der Waals surface area contributed by atoms with E-state index in [2.05, 4.69) is 21.4 Å². The minimum atomic E-state index is -0.487. The molecular formula is C15H15BrF2N2. The van der Waals surface area contributed by atoms with Crippen molar-refractivity contribution in [2.45, 2.75) is 19.4 Å². The first-order valence-corrected chi connectivity index (χ1v) is 6.97. The van der Waals surface area contributed by atoms with Crippen LogP contribution in [0.2, 0.25) is 0 Å². The zero-order valence-corrected chi connectivity index (χ0v) is 12.5. The van der Waals surface area contributed by atoms with Crippen LogP contribution in [0.15, 0.2) is 40.9 Å². The van der Waals surface area contributed by atoms with Crippen molar-refractivity contribution in [3.8, 4) is 0 Å². The number of benzene rings is 2. The van der Waals surface area contributed by atoms with E-state index in [-0.39, 0.29) is 18.1 Å². The molecule has 0 aliphatic heterocycles. The molecule has 1 unspecified atom stereocenters. The first-order chi connectivity index (χ1) is 9.52. The Bertz CT molecular complexity index is 617. The Balaban J connectivity index is 2.34. The smallest absolute Gasteiger partial charge is 0.130 e. The number of aryl methyl sites for hydroxylation is 1. The normalized spacial score (nSPS) is 12.4. The second-order valence-corrected chi connectivity index (χ2v) is 5.55. The van der Waals surface area contributed by atoms with Crippen molar-refractivity contribution in [1.29, 1.82) is 0 Å². The Morgan fingerprint density at radius 3 is 2.70 bits per heavy atom. The van der Waals surface area contributed by atoms with E-state index < -0.39 is 6.04 Å². The van der Waals surface area contributed by atoms with Crippen molar-refractivity contribution in [2.75, 3.05) is 0 Å². The maximum Gasteiger partial charge on any atom is 0.130 e. The minimum Gasteiger partial charge on any atom is -0.271 e. The van der Waals surface area contributed by atoms with Crippen LogP contribution < -0.4 is 11.3 Å².